The fraction of sp³-hybridized carbons (Fsp3) is 0.447. The smallest absolute Gasteiger partial charge is 0.0140 e. The van der Waals surface area contributed by atoms with E-state index in [2.05, 4.69) is 109 Å². The molecular weight excluding hydrogens is 623 g/mol. The maximum Gasteiger partial charge on any atom is 0.0140 e. The Morgan fingerprint density at radius 2 is 1.57 bits per heavy atom. The SMILES string of the molecule is CC(C)Oc1ccccc1[CH]=[Ru][Cl].Cc1cccc(C(C)C)c1N1[CH-]C(C)(c2ccc(CC(C)C)cc2)CC1(C)C.[CH3-]. The molecule has 0 spiro atoms. The number of halogens is 1. The van der Waals surface area contributed by atoms with E-state index in [1.165, 1.54) is 27.9 Å². The Balaban J connectivity index is 0.000000371. The number of ether oxygens (including phenoxy) is 1. The molecule has 0 radical (unpaired) electrons. The van der Waals surface area contributed by atoms with Gasteiger partial charge in [-0.2, -0.15) is 0 Å². The topological polar surface area (TPSA) is 12.5 Å². The molecule has 0 amide bonds. The molecular formula is C38H53ClNORu-2. The van der Waals surface area contributed by atoms with Gasteiger partial charge in [0.25, 0.3) is 0 Å². The van der Waals surface area contributed by atoms with Crippen molar-refractivity contribution < 1.29 is 20.4 Å². The monoisotopic (exact) mass is 676 g/mol. The predicted molar refractivity (Wildman–Crippen MR) is 183 cm³/mol. The van der Waals surface area contributed by atoms with Crippen LogP contribution in [0.4, 0.5) is 5.69 Å². The first-order chi connectivity index (χ1) is 19.3. The molecule has 0 N–H and O–H groups in total. The summed E-state index contributed by atoms with van der Waals surface area (Å²) in [6, 6.07) is 24.1. The van der Waals surface area contributed by atoms with Crippen molar-refractivity contribution in [1.82, 2.24) is 0 Å². The molecule has 42 heavy (non-hydrogen) atoms. The molecule has 0 bridgehead atoms. The third-order valence-electron chi connectivity index (χ3n) is 7.69. The largest absolute Gasteiger partial charge is 0.517 e. The molecule has 4 rings (SSSR count). The van der Waals surface area contributed by atoms with Crippen molar-refractivity contribution in [2.45, 2.75) is 105 Å². The standard InChI is InChI=1S/C27H38N.C10H12O.CH3.ClH.Ru/c1-19(2)16-22-12-14-23(15-13-22)27(8)17-26(6,7)28(18-27)25-21(5)10-9-11-24(25)20(3)4;1-8(2)11-10-7-5-4-6-9(10)3;;;/h9-15,18-20H,16-17H2,1-8H3;3-8H,1-2H3;1H3;1H;/q-1;;-1;;+1/p-1. The average Bonchev–Trinajstić information content (AvgIpc) is 3.14. The Morgan fingerprint density at radius 3 is 2.14 bits per heavy atom. The van der Waals surface area contributed by atoms with Crippen LogP contribution in [0.2, 0.25) is 0 Å². The van der Waals surface area contributed by atoms with Gasteiger partial charge in [0.15, 0.2) is 0 Å². The number of hydrogen-bond donors (Lipinski definition) is 0. The number of nitrogens with zero attached hydrogens (tertiary/aromatic N) is 1. The molecule has 3 aromatic rings. The summed E-state index contributed by atoms with van der Waals surface area (Å²) in [5.74, 6) is 2.14. The van der Waals surface area contributed by atoms with E-state index in [0.717, 1.165) is 24.2 Å². The molecule has 1 heterocycles. The summed E-state index contributed by atoms with van der Waals surface area (Å²) in [7, 11) is 5.72. The number of aryl methyl sites for hydroxylation is 1. The van der Waals surface area contributed by atoms with E-state index in [-0.39, 0.29) is 40.2 Å². The third-order valence-corrected chi connectivity index (χ3v) is 8.87. The van der Waals surface area contributed by atoms with E-state index in [1.54, 1.807) is 0 Å². The maximum atomic E-state index is 5.72. The number of benzene rings is 3. The van der Waals surface area contributed by atoms with Crippen molar-refractivity contribution in [2.24, 2.45) is 5.92 Å². The summed E-state index contributed by atoms with van der Waals surface area (Å²) in [6.45, 7) is 25.1. The van der Waals surface area contributed by atoms with E-state index < -0.39 is 0 Å². The molecule has 1 atom stereocenters. The molecule has 233 valence electrons. The van der Waals surface area contributed by atoms with Gasteiger partial charge in [-0.15, -0.1) is 5.41 Å². The van der Waals surface area contributed by atoms with Gasteiger partial charge in [-0.25, -0.2) is 6.54 Å². The molecule has 0 aliphatic carbocycles. The summed E-state index contributed by atoms with van der Waals surface area (Å²) in [4.78, 5) is 2.57. The number of rotatable bonds is 8. The molecule has 1 aliphatic heterocycles. The molecule has 4 heteroatoms. The second-order valence-electron chi connectivity index (χ2n) is 13.3. The van der Waals surface area contributed by atoms with E-state index in [0.29, 0.717) is 11.8 Å². The Hall–Kier alpha value is -1.96. The quantitative estimate of drug-likeness (QED) is 0.174. The minimum atomic E-state index is -0.191. The zero-order valence-corrected chi connectivity index (χ0v) is 30.2. The summed E-state index contributed by atoms with van der Waals surface area (Å²) in [6.07, 6.45) is 2.48. The van der Waals surface area contributed by atoms with Crippen LogP contribution in [0.3, 0.4) is 0 Å². The van der Waals surface area contributed by atoms with Gasteiger partial charge in [0.1, 0.15) is 0 Å². The normalized spacial score (nSPS) is 18.1. The van der Waals surface area contributed by atoms with Crippen molar-refractivity contribution in [3.05, 3.63) is 109 Å². The zero-order valence-electron chi connectivity index (χ0n) is 27.7. The van der Waals surface area contributed by atoms with E-state index in [1.807, 2.05) is 42.7 Å². The van der Waals surface area contributed by atoms with Crippen LogP contribution >= 0.6 is 9.69 Å². The van der Waals surface area contributed by atoms with Crippen LogP contribution in [0.15, 0.2) is 66.7 Å². The van der Waals surface area contributed by atoms with Crippen LogP contribution in [0.25, 0.3) is 0 Å². The van der Waals surface area contributed by atoms with Gasteiger partial charge in [-0.3, -0.25) is 0 Å². The Morgan fingerprint density at radius 1 is 0.929 bits per heavy atom. The van der Waals surface area contributed by atoms with Crippen LogP contribution in [0.1, 0.15) is 102 Å². The molecule has 1 fully saturated rings. The summed E-state index contributed by atoms with van der Waals surface area (Å²) >= 11 is -0.191. The van der Waals surface area contributed by atoms with E-state index in [4.69, 9.17) is 14.4 Å². The van der Waals surface area contributed by atoms with Gasteiger partial charge in [0.2, 0.25) is 0 Å². The molecule has 0 saturated carbocycles. The maximum absolute atomic E-state index is 5.72. The van der Waals surface area contributed by atoms with Crippen LogP contribution in [0.5, 0.6) is 5.75 Å². The molecule has 0 aromatic heterocycles. The van der Waals surface area contributed by atoms with Crippen LogP contribution in [0, 0.1) is 26.8 Å². The van der Waals surface area contributed by atoms with E-state index in [9.17, 15) is 0 Å². The fourth-order valence-electron chi connectivity index (χ4n) is 5.97. The summed E-state index contributed by atoms with van der Waals surface area (Å²) < 4.78 is 7.66. The second-order valence-corrected chi connectivity index (χ2v) is 15.0. The van der Waals surface area contributed by atoms with Gasteiger partial charge in [0, 0.05) is 11.2 Å². The summed E-state index contributed by atoms with van der Waals surface area (Å²) in [5, 5.41) is 0. The number of para-hydroxylation sites is 2. The van der Waals surface area contributed by atoms with Crippen LogP contribution in [-0.4, -0.2) is 16.3 Å². The molecule has 2 nitrogen and oxygen atoms in total. The minimum Gasteiger partial charge on any atom is -0.517 e. The van der Waals surface area contributed by atoms with Crippen molar-refractivity contribution in [3.8, 4) is 5.75 Å². The summed E-state index contributed by atoms with van der Waals surface area (Å²) in [5.41, 5.74) is 8.32. The molecule has 1 unspecified atom stereocenters. The Kier molecular flexibility index (Phi) is 13.5. The van der Waals surface area contributed by atoms with Crippen molar-refractivity contribution in [2.75, 3.05) is 4.90 Å². The Bertz CT molecular complexity index is 1290. The van der Waals surface area contributed by atoms with E-state index >= 15 is 0 Å². The zero-order chi connectivity index (χ0) is 30.4. The predicted octanol–water partition coefficient (Wildman–Crippen LogP) is 10.7. The van der Waals surface area contributed by atoms with Gasteiger partial charge in [-0.05, 0) is 62.1 Å². The number of hydrogen-bond acceptors (Lipinski definition) is 2. The van der Waals surface area contributed by atoms with Gasteiger partial charge in [-0.1, -0.05) is 82.6 Å². The van der Waals surface area contributed by atoms with Gasteiger partial charge in [0.05, 0.1) is 0 Å². The van der Waals surface area contributed by atoms with Gasteiger partial charge >= 0.3 is 90.3 Å². The van der Waals surface area contributed by atoms with Crippen LogP contribution < -0.4 is 9.64 Å². The average molecular weight is 676 g/mol. The molecule has 3 aromatic carbocycles. The van der Waals surface area contributed by atoms with Crippen molar-refractivity contribution >= 4 is 20.0 Å². The second kappa shape index (κ2) is 15.7. The minimum absolute atomic E-state index is 0. The first kappa shape index (κ1) is 36.2. The molecule has 1 saturated heterocycles. The van der Waals surface area contributed by atoms with Gasteiger partial charge < -0.3 is 12.3 Å². The third kappa shape index (κ3) is 9.27. The van der Waals surface area contributed by atoms with Crippen molar-refractivity contribution in [3.63, 3.8) is 0 Å². The first-order valence-corrected chi connectivity index (χ1v) is 18.2. The Labute approximate surface area is 269 Å². The fourth-order valence-corrected chi connectivity index (χ4v) is 7.08. The number of anilines is 1. The van der Waals surface area contributed by atoms with Crippen LogP contribution in [-0.2, 0) is 27.5 Å². The molecule has 1 aliphatic rings. The van der Waals surface area contributed by atoms with Crippen molar-refractivity contribution in [1.29, 1.82) is 0 Å². The first-order valence-electron chi connectivity index (χ1n) is 14.9.